The van der Waals surface area contributed by atoms with Crippen molar-refractivity contribution < 1.29 is 14.3 Å². The molecule has 0 radical (unpaired) electrons. The SMILES string of the molecule is COc1cccc(CN)c1N1C(=O)CCC1=O. The van der Waals surface area contributed by atoms with Gasteiger partial charge in [-0.05, 0) is 11.6 Å². The van der Waals surface area contributed by atoms with Crippen molar-refractivity contribution in [2.24, 2.45) is 5.73 Å². The van der Waals surface area contributed by atoms with E-state index in [1.165, 1.54) is 12.0 Å². The van der Waals surface area contributed by atoms with E-state index in [1.54, 1.807) is 18.2 Å². The minimum atomic E-state index is -0.200. The lowest BCUT2D eigenvalue weighted by atomic mass is 10.1. The molecule has 1 heterocycles. The summed E-state index contributed by atoms with van der Waals surface area (Å²) in [7, 11) is 1.50. The number of nitrogens with zero attached hydrogens (tertiary/aromatic N) is 1. The highest BCUT2D eigenvalue weighted by atomic mass is 16.5. The lowest BCUT2D eigenvalue weighted by Gasteiger charge is -2.20. The van der Waals surface area contributed by atoms with Crippen molar-refractivity contribution in [1.82, 2.24) is 0 Å². The van der Waals surface area contributed by atoms with Gasteiger partial charge in [0.2, 0.25) is 11.8 Å². The minimum absolute atomic E-state index is 0.200. The summed E-state index contributed by atoms with van der Waals surface area (Å²) in [5.74, 6) is 0.0972. The summed E-state index contributed by atoms with van der Waals surface area (Å²) in [6.45, 7) is 0.254. The van der Waals surface area contributed by atoms with Crippen LogP contribution in [-0.4, -0.2) is 18.9 Å². The van der Waals surface area contributed by atoms with Crippen molar-refractivity contribution in [2.45, 2.75) is 19.4 Å². The van der Waals surface area contributed by atoms with Crippen LogP contribution in [0.3, 0.4) is 0 Å². The maximum absolute atomic E-state index is 11.7. The van der Waals surface area contributed by atoms with Crippen LogP contribution >= 0.6 is 0 Å². The van der Waals surface area contributed by atoms with Crippen molar-refractivity contribution in [3.8, 4) is 5.75 Å². The monoisotopic (exact) mass is 234 g/mol. The molecule has 1 aromatic carbocycles. The van der Waals surface area contributed by atoms with Crippen LogP contribution in [0.5, 0.6) is 5.75 Å². The fourth-order valence-corrected chi connectivity index (χ4v) is 1.98. The molecule has 1 fully saturated rings. The molecule has 1 aliphatic rings. The second-order valence-corrected chi connectivity index (χ2v) is 3.80. The number of nitrogens with two attached hydrogens (primary N) is 1. The average Bonchev–Trinajstić information content (AvgIpc) is 2.68. The quantitative estimate of drug-likeness (QED) is 0.785. The van der Waals surface area contributed by atoms with Crippen molar-refractivity contribution in [1.29, 1.82) is 0 Å². The molecule has 2 N–H and O–H groups in total. The zero-order valence-electron chi connectivity index (χ0n) is 9.60. The number of amides is 2. The number of carbonyl (C=O) groups is 2. The van der Waals surface area contributed by atoms with E-state index in [-0.39, 0.29) is 31.2 Å². The molecule has 1 aliphatic heterocycles. The van der Waals surface area contributed by atoms with Gasteiger partial charge in [0, 0.05) is 19.4 Å². The van der Waals surface area contributed by atoms with E-state index in [0.717, 1.165) is 5.56 Å². The first-order valence-corrected chi connectivity index (χ1v) is 5.40. The highest BCUT2D eigenvalue weighted by molar-refractivity contribution is 6.20. The number of carbonyl (C=O) groups excluding carboxylic acids is 2. The number of methoxy groups -OCH3 is 1. The first-order valence-electron chi connectivity index (χ1n) is 5.40. The van der Waals surface area contributed by atoms with Crippen LogP contribution < -0.4 is 15.4 Å². The van der Waals surface area contributed by atoms with E-state index in [0.29, 0.717) is 11.4 Å². The number of benzene rings is 1. The maximum atomic E-state index is 11.7. The fourth-order valence-electron chi connectivity index (χ4n) is 1.98. The summed E-state index contributed by atoms with van der Waals surface area (Å²) in [4.78, 5) is 24.6. The van der Waals surface area contributed by atoms with Gasteiger partial charge in [-0.1, -0.05) is 12.1 Å². The third-order valence-electron chi connectivity index (χ3n) is 2.80. The highest BCUT2D eigenvalue weighted by Crippen LogP contribution is 2.35. The number of rotatable bonds is 3. The summed E-state index contributed by atoms with van der Waals surface area (Å²) < 4.78 is 5.20. The second kappa shape index (κ2) is 4.55. The predicted molar refractivity (Wildman–Crippen MR) is 62.6 cm³/mol. The molecule has 17 heavy (non-hydrogen) atoms. The Morgan fingerprint density at radius 3 is 2.47 bits per heavy atom. The molecule has 0 bridgehead atoms. The topological polar surface area (TPSA) is 72.6 Å². The van der Waals surface area contributed by atoms with Crippen molar-refractivity contribution in [2.75, 3.05) is 12.0 Å². The molecule has 0 unspecified atom stereocenters. The number of ether oxygens (including phenoxy) is 1. The van der Waals surface area contributed by atoms with Crippen LogP contribution in [-0.2, 0) is 16.1 Å². The van der Waals surface area contributed by atoms with Gasteiger partial charge >= 0.3 is 0 Å². The van der Waals surface area contributed by atoms with Gasteiger partial charge in [-0.15, -0.1) is 0 Å². The van der Waals surface area contributed by atoms with Gasteiger partial charge < -0.3 is 10.5 Å². The summed E-state index contributed by atoms with van der Waals surface area (Å²) in [5, 5.41) is 0. The smallest absolute Gasteiger partial charge is 0.234 e. The Morgan fingerprint density at radius 2 is 1.94 bits per heavy atom. The largest absolute Gasteiger partial charge is 0.495 e. The van der Waals surface area contributed by atoms with Crippen molar-refractivity contribution >= 4 is 17.5 Å². The first-order chi connectivity index (χ1) is 8.19. The number of anilines is 1. The van der Waals surface area contributed by atoms with E-state index < -0.39 is 0 Å². The molecule has 5 heteroatoms. The first kappa shape index (κ1) is 11.6. The summed E-state index contributed by atoms with van der Waals surface area (Å²) in [6.07, 6.45) is 0.502. The van der Waals surface area contributed by atoms with Gasteiger partial charge in [-0.25, -0.2) is 4.90 Å². The lowest BCUT2D eigenvalue weighted by molar-refractivity contribution is -0.121. The molecule has 0 spiro atoms. The van der Waals surface area contributed by atoms with Crippen LogP contribution in [0.1, 0.15) is 18.4 Å². The Bertz CT molecular complexity index is 433. The Morgan fingerprint density at radius 1 is 1.29 bits per heavy atom. The van der Waals surface area contributed by atoms with Crippen LogP contribution in [0.25, 0.3) is 0 Å². The average molecular weight is 234 g/mol. The van der Waals surface area contributed by atoms with E-state index in [2.05, 4.69) is 0 Å². The Labute approximate surface area is 99.2 Å². The number of hydrogen-bond donors (Lipinski definition) is 1. The molecule has 5 nitrogen and oxygen atoms in total. The van der Waals surface area contributed by atoms with Gasteiger partial charge in [0.15, 0.2) is 0 Å². The van der Waals surface area contributed by atoms with Crippen LogP contribution in [0, 0.1) is 0 Å². The molecule has 0 aliphatic carbocycles. The molecule has 90 valence electrons. The predicted octanol–water partition coefficient (Wildman–Crippen LogP) is 0.807. The Balaban J connectivity index is 2.56. The van der Waals surface area contributed by atoms with Gasteiger partial charge in [0.05, 0.1) is 12.8 Å². The molecule has 0 aromatic heterocycles. The molecule has 1 aromatic rings. The van der Waals surface area contributed by atoms with Crippen molar-refractivity contribution in [3.63, 3.8) is 0 Å². The second-order valence-electron chi connectivity index (χ2n) is 3.80. The Kier molecular flexibility index (Phi) is 3.10. The third kappa shape index (κ3) is 1.89. The lowest BCUT2D eigenvalue weighted by Crippen LogP contribution is -2.30. The molecule has 1 saturated heterocycles. The Hall–Kier alpha value is -1.88. The number of imide groups is 1. The summed E-state index contributed by atoms with van der Waals surface area (Å²) in [5.41, 5.74) is 6.85. The van der Waals surface area contributed by atoms with Crippen LogP contribution in [0.2, 0.25) is 0 Å². The maximum Gasteiger partial charge on any atom is 0.234 e. The number of hydrogen-bond acceptors (Lipinski definition) is 4. The van der Waals surface area contributed by atoms with E-state index in [1.807, 2.05) is 0 Å². The standard InChI is InChI=1S/C12H14N2O3/c1-17-9-4-2-3-8(7-13)12(9)14-10(15)5-6-11(14)16/h2-4H,5-7,13H2,1H3. The molecule has 0 atom stereocenters. The van der Waals surface area contributed by atoms with Gasteiger partial charge in [0.1, 0.15) is 5.75 Å². The number of para-hydroxylation sites is 1. The molecule has 2 amide bonds. The molecular weight excluding hydrogens is 220 g/mol. The van der Waals surface area contributed by atoms with E-state index >= 15 is 0 Å². The van der Waals surface area contributed by atoms with Crippen molar-refractivity contribution in [3.05, 3.63) is 23.8 Å². The normalized spacial score (nSPS) is 15.5. The molecule has 2 rings (SSSR count). The highest BCUT2D eigenvalue weighted by Gasteiger charge is 2.33. The van der Waals surface area contributed by atoms with E-state index in [4.69, 9.17) is 10.5 Å². The van der Waals surface area contributed by atoms with Gasteiger partial charge in [-0.3, -0.25) is 9.59 Å². The summed E-state index contributed by atoms with van der Waals surface area (Å²) in [6, 6.07) is 5.29. The molecule has 0 saturated carbocycles. The van der Waals surface area contributed by atoms with Gasteiger partial charge in [0.25, 0.3) is 0 Å². The molecular formula is C12H14N2O3. The zero-order chi connectivity index (χ0) is 12.4. The van der Waals surface area contributed by atoms with Crippen LogP contribution in [0.4, 0.5) is 5.69 Å². The zero-order valence-corrected chi connectivity index (χ0v) is 9.60. The van der Waals surface area contributed by atoms with Crippen LogP contribution in [0.15, 0.2) is 18.2 Å². The minimum Gasteiger partial charge on any atom is -0.495 e. The third-order valence-corrected chi connectivity index (χ3v) is 2.80. The summed E-state index contributed by atoms with van der Waals surface area (Å²) >= 11 is 0. The van der Waals surface area contributed by atoms with Gasteiger partial charge in [-0.2, -0.15) is 0 Å². The van der Waals surface area contributed by atoms with E-state index in [9.17, 15) is 9.59 Å². The fraction of sp³-hybridized carbons (Fsp3) is 0.333.